The van der Waals surface area contributed by atoms with Crippen LogP contribution in [0.1, 0.15) is 30.1 Å². The Hall–Kier alpha value is -1.10. The molecular weight excluding hydrogens is 272 g/mol. The van der Waals surface area contributed by atoms with Gasteiger partial charge < -0.3 is 9.88 Å². The summed E-state index contributed by atoms with van der Waals surface area (Å²) in [6.07, 6.45) is 3.72. The molecule has 86 valence electrons. The van der Waals surface area contributed by atoms with Gasteiger partial charge in [-0.2, -0.15) is 0 Å². The number of rotatable bonds is 3. The molecule has 0 radical (unpaired) electrons. The molecule has 2 rings (SSSR count). The lowest BCUT2D eigenvalue weighted by Gasteiger charge is -2.07. The second-order valence-electron chi connectivity index (χ2n) is 3.91. The van der Waals surface area contributed by atoms with Gasteiger partial charge in [0.1, 0.15) is 5.56 Å². The highest BCUT2D eigenvalue weighted by Gasteiger charge is 2.25. The van der Waals surface area contributed by atoms with Gasteiger partial charge in [0.05, 0.1) is 0 Å². The molecule has 1 aromatic rings. The average Bonchev–Trinajstić information content (AvgIpc) is 3.04. The van der Waals surface area contributed by atoms with Crippen LogP contribution in [0.5, 0.6) is 0 Å². The van der Waals surface area contributed by atoms with Gasteiger partial charge >= 0.3 is 0 Å². The largest absolute Gasteiger partial charge is 0.349 e. The fraction of sp³-hybridized carbons (Fsp3) is 0.455. The summed E-state index contributed by atoms with van der Waals surface area (Å²) in [6.45, 7) is 2.43. The van der Waals surface area contributed by atoms with Crippen molar-refractivity contribution < 1.29 is 4.79 Å². The minimum absolute atomic E-state index is 0.211. The van der Waals surface area contributed by atoms with E-state index in [9.17, 15) is 9.59 Å². The Morgan fingerprint density at radius 1 is 1.62 bits per heavy atom. The van der Waals surface area contributed by atoms with Crippen molar-refractivity contribution in [2.75, 3.05) is 0 Å². The van der Waals surface area contributed by atoms with Crippen molar-refractivity contribution in [2.45, 2.75) is 32.4 Å². The monoisotopic (exact) mass is 284 g/mol. The van der Waals surface area contributed by atoms with E-state index in [1.165, 1.54) is 4.57 Å². The Bertz CT molecular complexity index is 477. The van der Waals surface area contributed by atoms with Crippen LogP contribution in [0.15, 0.2) is 21.5 Å². The second-order valence-corrected chi connectivity index (χ2v) is 4.83. The number of carbonyl (C=O) groups is 1. The SMILES string of the molecule is CCn1cc(Br)cc(C(=O)NC2CC2)c1=O. The van der Waals surface area contributed by atoms with Gasteiger partial charge in [0.25, 0.3) is 11.5 Å². The van der Waals surface area contributed by atoms with E-state index in [1.54, 1.807) is 12.3 Å². The molecule has 0 saturated heterocycles. The zero-order valence-electron chi connectivity index (χ0n) is 9.00. The van der Waals surface area contributed by atoms with Crippen LogP contribution in [-0.4, -0.2) is 16.5 Å². The Balaban J connectivity index is 2.34. The molecule has 1 aliphatic carbocycles. The summed E-state index contributed by atoms with van der Waals surface area (Å²) in [4.78, 5) is 23.7. The van der Waals surface area contributed by atoms with E-state index in [0.29, 0.717) is 6.54 Å². The highest BCUT2D eigenvalue weighted by molar-refractivity contribution is 9.10. The lowest BCUT2D eigenvalue weighted by molar-refractivity contribution is 0.0949. The maximum Gasteiger partial charge on any atom is 0.263 e. The van der Waals surface area contributed by atoms with Crippen LogP contribution in [0.25, 0.3) is 0 Å². The molecule has 16 heavy (non-hydrogen) atoms. The smallest absolute Gasteiger partial charge is 0.263 e. The quantitative estimate of drug-likeness (QED) is 0.915. The molecule has 1 heterocycles. The second kappa shape index (κ2) is 4.41. The van der Waals surface area contributed by atoms with E-state index in [0.717, 1.165) is 17.3 Å². The van der Waals surface area contributed by atoms with Gasteiger partial charge in [-0.15, -0.1) is 0 Å². The molecule has 0 bridgehead atoms. The molecule has 4 nitrogen and oxygen atoms in total. The van der Waals surface area contributed by atoms with E-state index in [1.807, 2.05) is 6.92 Å². The lowest BCUT2D eigenvalue weighted by Crippen LogP contribution is -2.33. The van der Waals surface area contributed by atoms with E-state index in [-0.39, 0.29) is 23.1 Å². The van der Waals surface area contributed by atoms with Gasteiger partial charge in [0, 0.05) is 23.3 Å². The molecule has 1 fully saturated rings. The number of halogens is 1. The molecule has 0 atom stereocenters. The molecule has 1 N–H and O–H groups in total. The molecular formula is C11H13BrN2O2. The topological polar surface area (TPSA) is 51.1 Å². The number of carbonyl (C=O) groups excluding carboxylic acids is 1. The van der Waals surface area contributed by atoms with Gasteiger partial charge in [-0.1, -0.05) is 0 Å². The Kier molecular flexibility index (Phi) is 3.14. The standard InChI is InChI=1S/C11H13BrN2O2/c1-2-14-6-7(12)5-9(11(14)16)10(15)13-8-3-4-8/h5-6,8H,2-4H2,1H3,(H,13,15). The Morgan fingerprint density at radius 2 is 2.31 bits per heavy atom. The van der Waals surface area contributed by atoms with E-state index >= 15 is 0 Å². The summed E-state index contributed by atoms with van der Waals surface area (Å²) in [6, 6.07) is 1.84. The number of pyridine rings is 1. The van der Waals surface area contributed by atoms with Crippen molar-refractivity contribution in [1.29, 1.82) is 0 Å². The molecule has 1 saturated carbocycles. The van der Waals surface area contributed by atoms with E-state index in [4.69, 9.17) is 0 Å². The zero-order valence-corrected chi connectivity index (χ0v) is 10.6. The van der Waals surface area contributed by atoms with Crippen LogP contribution >= 0.6 is 15.9 Å². The molecule has 1 aromatic heterocycles. The Morgan fingerprint density at radius 3 is 2.88 bits per heavy atom. The summed E-state index contributed by atoms with van der Waals surface area (Å²) in [5.41, 5.74) is -0.0213. The predicted octanol–water partition coefficient (Wildman–Crippen LogP) is 1.52. The fourth-order valence-electron chi connectivity index (χ4n) is 1.49. The maximum absolute atomic E-state index is 11.9. The first-order valence-corrected chi connectivity index (χ1v) is 6.12. The van der Waals surface area contributed by atoms with E-state index in [2.05, 4.69) is 21.2 Å². The van der Waals surface area contributed by atoms with Crippen molar-refractivity contribution in [1.82, 2.24) is 9.88 Å². The minimum Gasteiger partial charge on any atom is -0.349 e. The van der Waals surface area contributed by atoms with Crippen LogP contribution < -0.4 is 10.9 Å². The summed E-state index contributed by atoms with van der Waals surface area (Å²) in [5.74, 6) is -0.268. The number of hydrogen-bond acceptors (Lipinski definition) is 2. The van der Waals surface area contributed by atoms with Crippen molar-refractivity contribution in [2.24, 2.45) is 0 Å². The van der Waals surface area contributed by atoms with Crippen LogP contribution in [-0.2, 0) is 6.54 Å². The highest BCUT2D eigenvalue weighted by atomic mass is 79.9. The maximum atomic E-state index is 11.9. The third-order valence-corrected chi connectivity index (χ3v) is 2.98. The van der Waals surface area contributed by atoms with Crippen molar-refractivity contribution in [3.8, 4) is 0 Å². The predicted molar refractivity (Wildman–Crippen MR) is 64.6 cm³/mol. The first-order chi connectivity index (χ1) is 7.61. The van der Waals surface area contributed by atoms with Crippen LogP contribution in [0.4, 0.5) is 0 Å². The van der Waals surface area contributed by atoms with Crippen LogP contribution in [0.2, 0.25) is 0 Å². The molecule has 1 aliphatic rings. The Labute approximate surface area is 102 Å². The molecule has 0 spiro atoms. The summed E-state index contributed by atoms with van der Waals surface area (Å²) in [7, 11) is 0. The fourth-order valence-corrected chi connectivity index (χ4v) is 1.96. The minimum atomic E-state index is -0.268. The number of aromatic nitrogens is 1. The lowest BCUT2D eigenvalue weighted by atomic mass is 10.2. The summed E-state index contributed by atoms with van der Waals surface area (Å²) in [5, 5.41) is 2.82. The van der Waals surface area contributed by atoms with Gasteiger partial charge in [0.2, 0.25) is 0 Å². The first kappa shape index (κ1) is 11.4. The first-order valence-electron chi connectivity index (χ1n) is 5.32. The number of nitrogens with zero attached hydrogens (tertiary/aromatic N) is 1. The van der Waals surface area contributed by atoms with Gasteiger partial charge in [-0.05, 0) is 41.8 Å². The molecule has 0 aromatic carbocycles. The molecule has 1 amide bonds. The van der Waals surface area contributed by atoms with E-state index < -0.39 is 0 Å². The number of nitrogens with one attached hydrogen (secondary N) is 1. The summed E-state index contributed by atoms with van der Waals surface area (Å²) >= 11 is 3.30. The molecule has 0 aliphatic heterocycles. The number of hydrogen-bond donors (Lipinski definition) is 1. The van der Waals surface area contributed by atoms with Gasteiger partial charge in [-0.25, -0.2) is 0 Å². The van der Waals surface area contributed by atoms with Gasteiger partial charge in [-0.3, -0.25) is 9.59 Å². The van der Waals surface area contributed by atoms with Crippen molar-refractivity contribution >= 4 is 21.8 Å². The third-order valence-electron chi connectivity index (χ3n) is 2.55. The van der Waals surface area contributed by atoms with Gasteiger partial charge in [0.15, 0.2) is 0 Å². The molecule has 5 heteroatoms. The molecule has 0 unspecified atom stereocenters. The van der Waals surface area contributed by atoms with Crippen LogP contribution in [0, 0.1) is 0 Å². The number of amides is 1. The highest BCUT2D eigenvalue weighted by Crippen LogP contribution is 2.19. The third kappa shape index (κ3) is 2.35. The van der Waals surface area contributed by atoms with Crippen molar-refractivity contribution in [3.63, 3.8) is 0 Å². The van der Waals surface area contributed by atoms with Crippen molar-refractivity contribution in [3.05, 3.63) is 32.7 Å². The summed E-state index contributed by atoms with van der Waals surface area (Å²) < 4.78 is 2.27. The normalized spacial score (nSPS) is 14.9. The van der Waals surface area contributed by atoms with Crippen LogP contribution in [0.3, 0.4) is 0 Å². The number of aryl methyl sites for hydroxylation is 1. The zero-order chi connectivity index (χ0) is 11.7. The average molecular weight is 285 g/mol.